The zero-order chi connectivity index (χ0) is 16.9. The van der Waals surface area contributed by atoms with Gasteiger partial charge in [0.1, 0.15) is 0 Å². The molecule has 0 aliphatic heterocycles. The van der Waals surface area contributed by atoms with E-state index >= 15 is 0 Å². The second kappa shape index (κ2) is 8.45. The van der Waals surface area contributed by atoms with E-state index in [-0.39, 0.29) is 0 Å². The van der Waals surface area contributed by atoms with Crippen molar-refractivity contribution in [3.63, 3.8) is 0 Å². The SMILES string of the molecule is CCCC1CCC(CCCCC2Cc3cc(F)c(F)cc3C2)CC1. The van der Waals surface area contributed by atoms with Crippen LogP contribution in [0.1, 0.15) is 82.3 Å². The van der Waals surface area contributed by atoms with Crippen LogP contribution >= 0.6 is 0 Å². The summed E-state index contributed by atoms with van der Waals surface area (Å²) >= 11 is 0. The summed E-state index contributed by atoms with van der Waals surface area (Å²) in [6.07, 6.45) is 15.6. The molecular formula is C22H32F2. The van der Waals surface area contributed by atoms with E-state index in [0.29, 0.717) is 5.92 Å². The largest absolute Gasteiger partial charge is 0.204 e. The van der Waals surface area contributed by atoms with Gasteiger partial charge in [-0.25, -0.2) is 8.78 Å². The topological polar surface area (TPSA) is 0 Å². The highest BCUT2D eigenvalue weighted by molar-refractivity contribution is 5.33. The molecule has 0 atom stereocenters. The third-order valence-electron chi connectivity index (χ3n) is 6.40. The predicted octanol–water partition coefficient (Wildman–Crippen LogP) is 6.85. The lowest BCUT2D eigenvalue weighted by Gasteiger charge is -2.28. The molecule has 0 saturated heterocycles. The summed E-state index contributed by atoms with van der Waals surface area (Å²) in [4.78, 5) is 0. The van der Waals surface area contributed by atoms with E-state index in [2.05, 4.69) is 6.92 Å². The van der Waals surface area contributed by atoms with Gasteiger partial charge in [-0.05, 0) is 60.3 Å². The highest BCUT2D eigenvalue weighted by Crippen LogP contribution is 2.35. The second-order valence-electron chi connectivity index (χ2n) is 8.27. The molecular weight excluding hydrogens is 302 g/mol. The average Bonchev–Trinajstić information content (AvgIpc) is 2.95. The van der Waals surface area contributed by atoms with Crippen molar-refractivity contribution in [3.8, 4) is 0 Å². The zero-order valence-electron chi connectivity index (χ0n) is 15.1. The molecule has 1 saturated carbocycles. The van der Waals surface area contributed by atoms with Gasteiger partial charge in [0.05, 0.1) is 0 Å². The van der Waals surface area contributed by atoms with E-state index in [1.165, 1.54) is 76.3 Å². The Morgan fingerprint density at radius 3 is 1.71 bits per heavy atom. The number of unbranched alkanes of at least 4 members (excludes halogenated alkanes) is 1. The van der Waals surface area contributed by atoms with Crippen molar-refractivity contribution in [1.29, 1.82) is 0 Å². The normalized spacial score (nSPS) is 24.3. The molecule has 0 unspecified atom stereocenters. The molecule has 2 heteroatoms. The standard InChI is InChI=1S/C22H32F2/c1-2-5-16-8-10-17(11-9-16)6-3-4-7-18-12-19-14-21(23)22(24)15-20(19)13-18/h14-18H,2-13H2,1H3. The maximum Gasteiger partial charge on any atom is 0.159 e. The van der Waals surface area contributed by atoms with E-state index in [4.69, 9.17) is 0 Å². The van der Waals surface area contributed by atoms with E-state index in [0.717, 1.165) is 35.8 Å². The van der Waals surface area contributed by atoms with Crippen molar-refractivity contribution >= 4 is 0 Å². The van der Waals surface area contributed by atoms with Crippen molar-refractivity contribution in [2.24, 2.45) is 17.8 Å². The third-order valence-corrected chi connectivity index (χ3v) is 6.40. The summed E-state index contributed by atoms with van der Waals surface area (Å²) in [7, 11) is 0. The van der Waals surface area contributed by atoms with Crippen LogP contribution in [0.5, 0.6) is 0 Å². The molecule has 0 spiro atoms. The van der Waals surface area contributed by atoms with Crippen molar-refractivity contribution in [2.75, 3.05) is 0 Å². The minimum absolute atomic E-state index is 0.599. The number of rotatable bonds is 7. The summed E-state index contributed by atoms with van der Waals surface area (Å²) < 4.78 is 26.6. The van der Waals surface area contributed by atoms with E-state index in [9.17, 15) is 8.78 Å². The van der Waals surface area contributed by atoms with Crippen LogP contribution in [0.25, 0.3) is 0 Å². The van der Waals surface area contributed by atoms with Crippen molar-refractivity contribution < 1.29 is 8.78 Å². The molecule has 1 aromatic carbocycles. The first-order valence-electron chi connectivity index (χ1n) is 10.1. The maximum absolute atomic E-state index is 13.3. The molecule has 0 aromatic heterocycles. The second-order valence-corrected chi connectivity index (χ2v) is 8.27. The molecule has 24 heavy (non-hydrogen) atoms. The quantitative estimate of drug-likeness (QED) is 0.478. The Hall–Kier alpha value is -0.920. The van der Waals surface area contributed by atoms with Crippen molar-refractivity contribution in [3.05, 3.63) is 34.9 Å². The summed E-state index contributed by atoms with van der Waals surface area (Å²) in [5.74, 6) is 1.19. The van der Waals surface area contributed by atoms with Gasteiger partial charge in [0.25, 0.3) is 0 Å². The molecule has 0 amide bonds. The fourth-order valence-electron chi connectivity index (χ4n) is 4.99. The Morgan fingerprint density at radius 2 is 1.21 bits per heavy atom. The van der Waals surface area contributed by atoms with Crippen LogP contribution in [0.2, 0.25) is 0 Å². The van der Waals surface area contributed by atoms with Gasteiger partial charge in [-0.15, -0.1) is 0 Å². The van der Waals surface area contributed by atoms with Gasteiger partial charge in [0, 0.05) is 0 Å². The van der Waals surface area contributed by atoms with Crippen LogP contribution < -0.4 is 0 Å². The molecule has 0 N–H and O–H groups in total. The zero-order valence-corrected chi connectivity index (χ0v) is 15.1. The average molecular weight is 334 g/mol. The lowest BCUT2D eigenvalue weighted by atomic mass is 9.78. The van der Waals surface area contributed by atoms with E-state index < -0.39 is 11.6 Å². The first-order valence-corrected chi connectivity index (χ1v) is 10.1. The van der Waals surface area contributed by atoms with Crippen LogP contribution in [0, 0.1) is 29.4 Å². The van der Waals surface area contributed by atoms with Crippen molar-refractivity contribution in [2.45, 2.75) is 84.0 Å². The number of halogens is 2. The molecule has 1 fully saturated rings. The number of hydrogen-bond acceptors (Lipinski definition) is 0. The van der Waals surface area contributed by atoms with Gasteiger partial charge in [-0.2, -0.15) is 0 Å². The molecule has 0 radical (unpaired) electrons. The Balaban J connectivity index is 1.32. The van der Waals surface area contributed by atoms with E-state index in [1.807, 2.05) is 0 Å². The molecule has 0 nitrogen and oxygen atoms in total. The van der Waals surface area contributed by atoms with Gasteiger partial charge in [-0.3, -0.25) is 0 Å². The fraction of sp³-hybridized carbons (Fsp3) is 0.727. The molecule has 2 aliphatic carbocycles. The van der Waals surface area contributed by atoms with Gasteiger partial charge in [0.2, 0.25) is 0 Å². The highest BCUT2D eigenvalue weighted by atomic mass is 19.2. The van der Waals surface area contributed by atoms with Crippen LogP contribution in [0.3, 0.4) is 0 Å². The predicted molar refractivity (Wildman–Crippen MR) is 96.1 cm³/mol. The van der Waals surface area contributed by atoms with Crippen LogP contribution in [-0.4, -0.2) is 0 Å². The van der Waals surface area contributed by atoms with Gasteiger partial charge < -0.3 is 0 Å². The maximum atomic E-state index is 13.3. The Bertz CT molecular complexity index is 498. The smallest absolute Gasteiger partial charge is 0.159 e. The minimum atomic E-state index is -0.687. The third kappa shape index (κ3) is 4.58. The highest BCUT2D eigenvalue weighted by Gasteiger charge is 2.24. The van der Waals surface area contributed by atoms with Gasteiger partial charge >= 0.3 is 0 Å². The van der Waals surface area contributed by atoms with Gasteiger partial charge in [-0.1, -0.05) is 64.7 Å². The number of fused-ring (bicyclic) bond motifs is 1. The van der Waals surface area contributed by atoms with Crippen molar-refractivity contribution in [1.82, 2.24) is 0 Å². The summed E-state index contributed by atoms with van der Waals surface area (Å²) in [5, 5.41) is 0. The number of hydrogen-bond donors (Lipinski definition) is 0. The Morgan fingerprint density at radius 1 is 0.750 bits per heavy atom. The van der Waals surface area contributed by atoms with Crippen LogP contribution in [0.4, 0.5) is 8.78 Å². The first-order chi connectivity index (χ1) is 11.7. The monoisotopic (exact) mass is 334 g/mol. The molecule has 1 aromatic rings. The molecule has 0 heterocycles. The Kier molecular flexibility index (Phi) is 6.30. The summed E-state index contributed by atoms with van der Waals surface area (Å²) in [6, 6.07) is 2.83. The van der Waals surface area contributed by atoms with Crippen LogP contribution in [-0.2, 0) is 12.8 Å². The fourth-order valence-corrected chi connectivity index (χ4v) is 4.99. The van der Waals surface area contributed by atoms with E-state index in [1.54, 1.807) is 0 Å². The summed E-state index contributed by atoms with van der Waals surface area (Å²) in [6.45, 7) is 2.30. The number of benzene rings is 1. The lowest BCUT2D eigenvalue weighted by molar-refractivity contribution is 0.246. The molecule has 3 rings (SSSR count). The molecule has 2 aliphatic rings. The molecule has 0 bridgehead atoms. The Labute approximate surface area is 146 Å². The minimum Gasteiger partial charge on any atom is -0.204 e. The molecule has 134 valence electrons. The van der Waals surface area contributed by atoms with Gasteiger partial charge in [0.15, 0.2) is 11.6 Å². The summed E-state index contributed by atoms with van der Waals surface area (Å²) in [5.41, 5.74) is 2.07. The van der Waals surface area contributed by atoms with Crippen LogP contribution in [0.15, 0.2) is 12.1 Å². The first kappa shape index (κ1) is 17.9. The lowest BCUT2D eigenvalue weighted by Crippen LogP contribution is -2.14.